The molecule has 0 aliphatic carbocycles. The Kier molecular flexibility index (Phi) is 4.50. The highest BCUT2D eigenvalue weighted by Gasteiger charge is 2.17. The first-order valence-electron chi connectivity index (χ1n) is 5.79. The van der Waals surface area contributed by atoms with Gasteiger partial charge in [-0.2, -0.15) is 5.10 Å². The minimum atomic E-state index is -0.130. The van der Waals surface area contributed by atoms with Crippen molar-refractivity contribution >= 4 is 0 Å². The number of hydrogen-bond donors (Lipinski definition) is 1. The molecule has 4 heteroatoms. The van der Waals surface area contributed by atoms with E-state index < -0.39 is 0 Å². The maximum Gasteiger partial charge on any atom is 0.0746 e. The van der Waals surface area contributed by atoms with Crippen LogP contribution < -0.4 is 5.32 Å². The van der Waals surface area contributed by atoms with Crippen molar-refractivity contribution in [1.29, 1.82) is 0 Å². The maximum atomic E-state index is 5.37. The van der Waals surface area contributed by atoms with Crippen LogP contribution >= 0.6 is 0 Å². The van der Waals surface area contributed by atoms with Crippen molar-refractivity contribution in [3.63, 3.8) is 0 Å². The molecular weight excluding hydrogens is 202 g/mol. The number of hydrogen-bond acceptors (Lipinski definition) is 3. The molecule has 1 N–H and O–H groups in total. The van der Waals surface area contributed by atoms with E-state index in [-0.39, 0.29) is 5.60 Å². The van der Waals surface area contributed by atoms with Crippen molar-refractivity contribution in [3.05, 3.63) is 18.0 Å². The summed E-state index contributed by atoms with van der Waals surface area (Å²) >= 11 is 0. The Morgan fingerprint density at radius 2 is 2.25 bits per heavy atom. The van der Waals surface area contributed by atoms with Gasteiger partial charge in [0.25, 0.3) is 0 Å². The van der Waals surface area contributed by atoms with Gasteiger partial charge >= 0.3 is 0 Å². The third-order valence-electron chi connectivity index (χ3n) is 2.86. The molecule has 0 spiro atoms. The van der Waals surface area contributed by atoms with Crippen LogP contribution in [-0.4, -0.2) is 29.0 Å². The van der Waals surface area contributed by atoms with Crippen molar-refractivity contribution in [3.8, 4) is 0 Å². The lowest BCUT2D eigenvalue weighted by atomic mass is 10.1. The first-order chi connectivity index (χ1) is 7.48. The van der Waals surface area contributed by atoms with Crippen LogP contribution in [0.3, 0.4) is 0 Å². The van der Waals surface area contributed by atoms with Gasteiger partial charge in [0.1, 0.15) is 0 Å². The number of aromatic nitrogens is 2. The fraction of sp³-hybridized carbons (Fsp3) is 0.750. The highest BCUT2D eigenvalue weighted by molar-refractivity contribution is 5.09. The second-order valence-electron chi connectivity index (χ2n) is 4.70. The second-order valence-corrected chi connectivity index (χ2v) is 4.70. The van der Waals surface area contributed by atoms with Crippen molar-refractivity contribution in [1.82, 2.24) is 15.1 Å². The van der Waals surface area contributed by atoms with Crippen LogP contribution in [0.4, 0.5) is 0 Å². The Hall–Kier alpha value is -0.870. The van der Waals surface area contributed by atoms with E-state index in [0.717, 1.165) is 13.1 Å². The standard InChI is InChI=1S/C12H23N3O/c1-6-15-8-11(7-14-15)10(2)13-9-12(3,4)16-5/h7-8,10,13H,6,9H2,1-5H3. The Balaban J connectivity index is 2.49. The van der Waals surface area contributed by atoms with Crippen molar-refractivity contribution in [2.75, 3.05) is 13.7 Å². The SMILES string of the molecule is CCn1cc(C(C)NCC(C)(C)OC)cn1. The summed E-state index contributed by atoms with van der Waals surface area (Å²) in [5.41, 5.74) is 1.09. The zero-order valence-corrected chi connectivity index (χ0v) is 10.9. The quantitative estimate of drug-likeness (QED) is 0.804. The van der Waals surface area contributed by atoms with Crippen LogP contribution in [0, 0.1) is 0 Å². The summed E-state index contributed by atoms with van der Waals surface area (Å²) in [7, 11) is 1.74. The molecule has 0 saturated carbocycles. The summed E-state index contributed by atoms with van der Waals surface area (Å²) < 4.78 is 7.31. The Labute approximate surface area is 98.0 Å². The van der Waals surface area contributed by atoms with E-state index in [2.05, 4.69) is 44.3 Å². The molecule has 1 heterocycles. The summed E-state index contributed by atoms with van der Waals surface area (Å²) in [5, 5.41) is 7.71. The molecule has 0 aliphatic rings. The van der Waals surface area contributed by atoms with Gasteiger partial charge in [0.2, 0.25) is 0 Å². The molecule has 0 fully saturated rings. The number of ether oxygens (including phenoxy) is 1. The molecule has 0 aliphatic heterocycles. The molecule has 0 saturated heterocycles. The number of aryl methyl sites for hydroxylation is 1. The van der Waals surface area contributed by atoms with Crippen LogP contribution in [0.25, 0.3) is 0 Å². The van der Waals surface area contributed by atoms with Crippen molar-refractivity contribution in [2.45, 2.75) is 45.9 Å². The van der Waals surface area contributed by atoms with Crippen LogP contribution in [0.15, 0.2) is 12.4 Å². The maximum absolute atomic E-state index is 5.37. The molecule has 1 unspecified atom stereocenters. The fourth-order valence-corrected chi connectivity index (χ4v) is 1.37. The van der Waals surface area contributed by atoms with Gasteiger partial charge in [0, 0.05) is 38.0 Å². The summed E-state index contributed by atoms with van der Waals surface area (Å²) in [4.78, 5) is 0. The summed E-state index contributed by atoms with van der Waals surface area (Å²) in [6.45, 7) is 10.1. The third-order valence-corrected chi connectivity index (χ3v) is 2.86. The fourth-order valence-electron chi connectivity index (χ4n) is 1.37. The van der Waals surface area contributed by atoms with Crippen LogP contribution in [0.5, 0.6) is 0 Å². The third kappa shape index (κ3) is 3.61. The molecule has 0 amide bonds. The monoisotopic (exact) mass is 225 g/mol. The molecule has 92 valence electrons. The largest absolute Gasteiger partial charge is 0.377 e. The molecular formula is C12H23N3O. The van der Waals surface area contributed by atoms with Crippen molar-refractivity contribution in [2.24, 2.45) is 0 Å². The van der Waals surface area contributed by atoms with E-state index >= 15 is 0 Å². The minimum Gasteiger partial charge on any atom is -0.377 e. The van der Waals surface area contributed by atoms with E-state index in [4.69, 9.17) is 4.74 Å². The van der Waals surface area contributed by atoms with E-state index in [1.54, 1.807) is 7.11 Å². The zero-order chi connectivity index (χ0) is 12.2. The topological polar surface area (TPSA) is 39.1 Å². The lowest BCUT2D eigenvalue weighted by Gasteiger charge is -2.25. The van der Waals surface area contributed by atoms with Gasteiger partial charge in [-0.25, -0.2) is 0 Å². The molecule has 0 aromatic carbocycles. The summed E-state index contributed by atoms with van der Waals surface area (Å²) in [6.07, 6.45) is 4.00. The highest BCUT2D eigenvalue weighted by Crippen LogP contribution is 2.13. The molecule has 1 atom stereocenters. The zero-order valence-electron chi connectivity index (χ0n) is 10.9. The summed E-state index contributed by atoms with van der Waals surface area (Å²) in [6, 6.07) is 0.301. The predicted molar refractivity (Wildman–Crippen MR) is 65.4 cm³/mol. The lowest BCUT2D eigenvalue weighted by Crippen LogP contribution is -2.37. The lowest BCUT2D eigenvalue weighted by molar-refractivity contribution is 0.0214. The normalized spacial score (nSPS) is 14.1. The average Bonchev–Trinajstić information content (AvgIpc) is 2.74. The molecule has 16 heavy (non-hydrogen) atoms. The van der Waals surface area contributed by atoms with Gasteiger partial charge in [0.15, 0.2) is 0 Å². The smallest absolute Gasteiger partial charge is 0.0746 e. The number of rotatable bonds is 6. The van der Waals surface area contributed by atoms with Gasteiger partial charge in [0.05, 0.1) is 11.8 Å². The Bertz CT molecular complexity index is 320. The van der Waals surface area contributed by atoms with Gasteiger partial charge in [-0.05, 0) is 27.7 Å². The molecule has 1 rings (SSSR count). The number of methoxy groups -OCH3 is 1. The van der Waals surface area contributed by atoms with E-state index in [0.29, 0.717) is 6.04 Å². The van der Waals surface area contributed by atoms with Gasteiger partial charge < -0.3 is 10.1 Å². The average molecular weight is 225 g/mol. The van der Waals surface area contributed by atoms with Crippen LogP contribution in [-0.2, 0) is 11.3 Å². The minimum absolute atomic E-state index is 0.130. The molecule has 0 radical (unpaired) electrons. The Morgan fingerprint density at radius 3 is 2.75 bits per heavy atom. The Morgan fingerprint density at radius 1 is 1.56 bits per heavy atom. The summed E-state index contributed by atoms with van der Waals surface area (Å²) in [5.74, 6) is 0. The van der Waals surface area contributed by atoms with Crippen LogP contribution in [0.1, 0.15) is 39.3 Å². The van der Waals surface area contributed by atoms with Gasteiger partial charge in [-0.3, -0.25) is 4.68 Å². The predicted octanol–water partition coefficient (Wildman–Crippen LogP) is 1.98. The molecule has 1 aromatic heterocycles. The molecule has 4 nitrogen and oxygen atoms in total. The van der Waals surface area contributed by atoms with Crippen molar-refractivity contribution < 1.29 is 4.74 Å². The second kappa shape index (κ2) is 5.46. The van der Waals surface area contributed by atoms with Crippen LogP contribution in [0.2, 0.25) is 0 Å². The van der Waals surface area contributed by atoms with Gasteiger partial charge in [-0.1, -0.05) is 0 Å². The number of nitrogens with zero attached hydrogens (tertiary/aromatic N) is 2. The number of nitrogens with one attached hydrogen (secondary N) is 1. The molecule has 1 aromatic rings. The van der Waals surface area contributed by atoms with E-state index in [1.165, 1.54) is 5.56 Å². The molecule has 0 bridgehead atoms. The van der Waals surface area contributed by atoms with Gasteiger partial charge in [-0.15, -0.1) is 0 Å². The van der Waals surface area contributed by atoms with E-state index in [9.17, 15) is 0 Å². The highest BCUT2D eigenvalue weighted by atomic mass is 16.5. The first-order valence-corrected chi connectivity index (χ1v) is 5.79. The first kappa shape index (κ1) is 13.2. The van der Waals surface area contributed by atoms with E-state index in [1.807, 2.05) is 10.9 Å².